The zero-order valence-corrected chi connectivity index (χ0v) is 13.3. The maximum absolute atomic E-state index is 12.5. The van der Waals surface area contributed by atoms with Gasteiger partial charge in [0.1, 0.15) is 0 Å². The summed E-state index contributed by atoms with van der Waals surface area (Å²) in [5.41, 5.74) is -0.432. The van der Waals surface area contributed by atoms with Gasteiger partial charge < -0.3 is 5.32 Å². The number of fused-ring (bicyclic) bond motifs is 2. The van der Waals surface area contributed by atoms with E-state index in [1.165, 1.54) is 12.8 Å². The minimum Gasteiger partial charge on any atom is -0.311 e. The minimum atomic E-state index is -3.39. The molecule has 0 spiro atoms. The van der Waals surface area contributed by atoms with Crippen molar-refractivity contribution in [1.82, 2.24) is 14.3 Å². The molecular formula is C13H27N3O2S. The van der Waals surface area contributed by atoms with E-state index >= 15 is 0 Å². The second-order valence-electron chi connectivity index (χ2n) is 6.82. The molecule has 112 valence electrons. The Morgan fingerprint density at radius 2 is 1.74 bits per heavy atom. The lowest BCUT2D eigenvalue weighted by Crippen LogP contribution is -2.55. The average molecular weight is 289 g/mol. The van der Waals surface area contributed by atoms with E-state index in [1.54, 1.807) is 4.31 Å². The first kappa shape index (κ1) is 15.2. The lowest BCUT2D eigenvalue weighted by atomic mass is 10.00. The number of nitrogens with zero attached hydrogens (tertiary/aromatic N) is 1. The van der Waals surface area contributed by atoms with Crippen molar-refractivity contribution in [3.05, 3.63) is 0 Å². The van der Waals surface area contributed by atoms with E-state index in [0.29, 0.717) is 18.6 Å². The molecule has 0 amide bonds. The molecule has 6 heteroatoms. The molecule has 2 saturated heterocycles. The predicted octanol–water partition coefficient (Wildman–Crippen LogP) is 1.22. The molecule has 0 aromatic rings. The Kier molecular flexibility index (Phi) is 4.26. The standard InChI is InChI=1S/C13H27N3O2S/c1-5-16(19(17,18)15-13(2,3)4)12-8-10-6-7-11(9-12)14-10/h10-12,14-15H,5-9H2,1-4H3. The van der Waals surface area contributed by atoms with Gasteiger partial charge in [0.05, 0.1) is 0 Å². The van der Waals surface area contributed by atoms with Crippen LogP contribution in [0.3, 0.4) is 0 Å². The maximum atomic E-state index is 12.5. The first-order chi connectivity index (χ1) is 8.71. The number of rotatable bonds is 4. The van der Waals surface area contributed by atoms with Crippen LogP contribution < -0.4 is 10.0 Å². The molecule has 0 aromatic carbocycles. The molecule has 2 unspecified atom stereocenters. The second-order valence-corrected chi connectivity index (χ2v) is 8.45. The van der Waals surface area contributed by atoms with Gasteiger partial charge in [-0.2, -0.15) is 17.4 Å². The Bertz CT molecular complexity index is 404. The molecule has 2 rings (SSSR count). The van der Waals surface area contributed by atoms with E-state index in [4.69, 9.17) is 0 Å². The Morgan fingerprint density at radius 3 is 2.16 bits per heavy atom. The van der Waals surface area contributed by atoms with Crippen LogP contribution in [0.25, 0.3) is 0 Å². The van der Waals surface area contributed by atoms with Crippen LogP contribution in [0.4, 0.5) is 0 Å². The predicted molar refractivity (Wildman–Crippen MR) is 77.2 cm³/mol. The molecule has 2 aliphatic heterocycles. The van der Waals surface area contributed by atoms with Crippen molar-refractivity contribution in [2.24, 2.45) is 0 Å². The van der Waals surface area contributed by atoms with Crippen molar-refractivity contribution in [3.8, 4) is 0 Å². The summed E-state index contributed by atoms with van der Waals surface area (Å²) in [6.45, 7) is 8.10. The van der Waals surface area contributed by atoms with Crippen LogP contribution in [0, 0.1) is 0 Å². The topological polar surface area (TPSA) is 61.4 Å². The van der Waals surface area contributed by atoms with Gasteiger partial charge in [-0.25, -0.2) is 0 Å². The van der Waals surface area contributed by atoms with Gasteiger partial charge in [0.2, 0.25) is 0 Å². The SMILES string of the molecule is CCN(C1CC2CCC(C1)N2)S(=O)(=O)NC(C)(C)C. The van der Waals surface area contributed by atoms with Crippen LogP contribution in [-0.2, 0) is 10.2 Å². The Morgan fingerprint density at radius 1 is 1.21 bits per heavy atom. The average Bonchev–Trinajstić information content (AvgIpc) is 2.55. The third kappa shape index (κ3) is 3.68. The van der Waals surface area contributed by atoms with Gasteiger partial charge in [-0.05, 0) is 46.5 Å². The zero-order valence-electron chi connectivity index (χ0n) is 12.4. The molecule has 2 atom stereocenters. The summed E-state index contributed by atoms with van der Waals surface area (Å²) in [4.78, 5) is 0. The highest BCUT2D eigenvalue weighted by atomic mass is 32.2. The van der Waals surface area contributed by atoms with Gasteiger partial charge in [-0.1, -0.05) is 6.92 Å². The maximum Gasteiger partial charge on any atom is 0.280 e. The van der Waals surface area contributed by atoms with Gasteiger partial charge >= 0.3 is 0 Å². The smallest absolute Gasteiger partial charge is 0.280 e. The summed E-state index contributed by atoms with van der Waals surface area (Å²) < 4.78 is 29.4. The summed E-state index contributed by atoms with van der Waals surface area (Å²) in [6.07, 6.45) is 4.25. The molecule has 0 saturated carbocycles. The van der Waals surface area contributed by atoms with E-state index in [9.17, 15) is 8.42 Å². The summed E-state index contributed by atoms with van der Waals surface area (Å²) in [5, 5.41) is 3.56. The molecule has 2 heterocycles. The third-order valence-electron chi connectivity index (χ3n) is 3.91. The van der Waals surface area contributed by atoms with Crippen molar-refractivity contribution in [3.63, 3.8) is 0 Å². The fraction of sp³-hybridized carbons (Fsp3) is 1.00. The molecular weight excluding hydrogens is 262 g/mol. The van der Waals surface area contributed by atoms with Crippen LogP contribution in [0.5, 0.6) is 0 Å². The summed E-state index contributed by atoms with van der Waals surface area (Å²) >= 11 is 0. The van der Waals surface area contributed by atoms with Gasteiger partial charge in [0.15, 0.2) is 0 Å². The van der Waals surface area contributed by atoms with Crippen molar-refractivity contribution in [2.75, 3.05) is 6.54 Å². The Hall–Kier alpha value is -0.170. The van der Waals surface area contributed by atoms with Crippen molar-refractivity contribution in [2.45, 2.75) is 77.0 Å². The molecule has 2 aliphatic rings. The molecule has 2 bridgehead atoms. The van der Waals surface area contributed by atoms with Crippen molar-refractivity contribution < 1.29 is 8.42 Å². The van der Waals surface area contributed by atoms with Gasteiger partial charge in [0, 0.05) is 30.2 Å². The lowest BCUT2D eigenvalue weighted by molar-refractivity contribution is 0.228. The van der Waals surface area contributed by atoms with Crippen LogP contribution in [0.1, 0.15) is 53.4 Å². The monoisotopic (exact) mass is 289 g/mol. The van der Waals surface area contributed by atoms with Crippen LogP contribution >= 0.6 is 0 Å². The highest BCUT2D eigenvalue weighted by Gasteiger charge is 2.40. The number of piperidine rings is 1. The molecule has 0 radical (unpaired) electrons. The van der Waals surface area contributed by atoms with E-state index < -0.39 is 15.7 Å². The molecule has 0 aromatic heterocycles. The minimum absolute atomic E-state index is 0.142. The molecule has 19 heavy (non-hydrogen) atoms. The van der Waals surface area contributed by atoms with Gasteiger partial charge in [-0.15, -0.1) is 0 Å². The van der Waals surface area contributed by atoms with Crippen LogP contribution in [0.2, 0.25) is 0 Å². The lowest BCUT2D eigenvalue weighted by Gasteiger charge is -2.37. The molecule has 5 nitrogen and oxygen atoms in total. The fourth-order valence-corrected chi connectivity index (χ4v) is 5.13. The van der Waals surface area contributed by atoms with Crippen LogP contribution in [-0.4, -0.2) is 42.9 Å². The van der Waals surface area contributed by atoms with Crippen molar-refractivity contribution >= 4 is 10.2 Å². The highest BCUT2D eigenvalue weighted by molar-refractivity contribution is 7.87. The zero-order chi connectivity index (χ0) is 14.3. The fourth-order valence-electron chi connectivity index (χ4n) is 3.33. The molecule has 2 N–H and O–H groups in total. The number of hydrogen-bond donors (Lipinski definition) is 2. The molecule has 0 aliphatic carbocycles. The summed E-state index contributed by atoms with van der Waals surface area (Å²) in [7, 11) is -3.39. The van der Waals surface area contributed by atoms with Crippen LogP contribution in [0.15, 0.2) is 0 Å². The quantitative estimate of drug-likeness (QED) is 0.818. The molecule has 2 fully saturated rings. The number of hydrogen-bond acceptors (Lipinski definition) is 3. The number of nitrogens with one attached hydrogen (secondary N) is 2. The van der Waals surface area contributed by atoms with E-state index in [1.807, 2.05) is 27.7 Å². The first-order valence-electron chi connectivity index (χ1n) is 7.28. The van der Waals surface area contributed by atoms with Gasteiger partial charge in [-0.3, -0.25) is 0 Å². The Labute approximate surface area is 117 Å². The van der Waals surface area contributed by atoms with Gasteiger partial charge in [0.25, 0.3) is 10.2 Å². The normalized spacial score (nSPS) is 31.9. The second kappa shape index (κ2) is 5.31. The summed E-state index contributed by atoms with van der Waals surface area (Å²) in [6, 6.07) is 1.15. The van der Waals surface area contributed by atoms with E-state index in [2.05, 4.69) is 10.0 Å². The Balaban J connectivity index is 2.11. The first-order valence-corrected chi connectivity index (χ1v) is 8.72. The van der Waals surface area contributed by atoms with Crippen molar-refractivity contribution in [1.29, 1.82) is 0 Å². The third-order valence-corrected chi connectivity index (χ3v) is 5.96. The van der Waals surface area contributed by atoms with E-state index in [0.717, 1.165) is 12.8 Å². The van der Waals surface area contributed by atoms with E-state index in [-0.39, 0.29) is 6.04 Å². The summed E-state index contributed by atoms with van der Waals surface area (Å²) in [5.74, 6) is 0. The highest BCUT2D eigenvalue weighted by Crippen LogP contribution is 2.30. The largest absolute Gasteiger partial charge is 0.311 e.